The summed E-state index contributed by atoms with van der Waals surface area (Å²) in [7, 11) is 3.06. The second kappa shape index (κ2) is 6.98. The lowest BCUT2D eigenvalue weighted by Crippen LogP contribution is -2.29. The van der Waals surface area contributed by atoms with Crippen LogP contribution in [0.5, 0.6) is 5.75 Å². The Bertz CT molecular complexity index is 678. The van der Waals surface area contributed by atoms with Gasteiger partial charge in [0, 0.05) is 31.7 Å². The summed E-state index contributed by atoms with van der Waals surface area (Å²) in [6, 6.07) is 7.38. The second-order valence-electron chi connectivity index (χ2n) is 4.91. The number of esters is 1. The number of amides is 1. The molecule has 0 aliphatic rings. The van der Waals surface area contributed by atoms with Crippen LogP contribution in [0.3, 0.4) is 0 Å². The van der Waals surface area contributed by atoms with Crippen LogP contribution < -0.4 is 4.74 Å². The first-order valence-corrected chi connectivity index (χ1v) is 7.14. The van der Waals surface area contributed by atoms with Gasteiger partial charge in [-0.15, -0.1) is 0 Å². The molecule has 1 heterocycles. The summed E-state index contributed by atoms with van der Waals surface area (Å²) in [4.78, 5) is 24.6. The molecule has 0 bridgehead atoms. The van der Waals surface area contributed by atoms with E-state index in [1.54, 1.807) is 13.1 Å². The van der Waals surface area contributed by atoms with E-state index in [2.05, 4.69) is 4.74 Å². The van der Waals surface area contributed by atoms with E-state index in [1.807, 2.05) is 35.9 Å². The van der Waals surface area contributed by atoms with Crippen molar-refractivity contribution in [3.8, 4) is 5.75 Å². The van der Waals surface area contributed by atoms with E-state index in [-0.39, 0.29) is 5.97 Å². The minimum atomic E-state index is -0.391. The molecule has 0 radical (unpaired) electrons. The van der Waals surface area contributed by atoms with Crippen molar-refractivity contribution in [2.75, 3.05) is 20.7 Å². The molecular formula is C16H20N2O4. The smallest absolute Gasteiger partial charge is 0.414 e. The fraction of sp³-hybridized carbons (Fsp3) is 0.375. The van der Waals surface area contributed by atoms with E-state index in [9.17, 15) is 9.59 Å². The number of benzene rings is 1. The lowest BCUT2D eigenvalue weighted by Gasteiger charge is -2.14. The molecule has 2 aromatic rings. The molecule has 0 saturated carbocycles. The first-order chi connectivity index (χ1) is 10.6. The van der Waals surface area contributed by atoms with Crippen molar-refractivity contribution in [2.24, 2.45) is 0 Å². The van der Waals surface area contributed by atoms with Gasteiger partial charge >= 0.3 is 12.1 Å². The van der Waals surface area contributed by atoms with Crippen LogP contribution in [0, 0.1) is 0 Å². The van der Waals surface area contributed by atoms with Crippen LogP contribution in [0.2, 0.25) is 0 Å². The molecule has 0 N–H and O–H groups in total. The summed E-state index contributed by atoms with van der Waals surface area (Å²) in [6.45, 7) is 2.97. The molecule has 118 valence electrons. The number of carbonyl (C=O) groups is 2. The number of aromatic nitrogens is 1. The molecule has 6 heteroatoms. The highest BCUT2D eigenvalue weighted by atomic mass is 16.6. The predicted octanol–water partition coefficient (Wildman–Crippen LogP) is 2.65. The number of carbonyl (C=O) groups excluding carboxylic acids is 2. The minimum absolute atomic E-state index is 0.256. The number of nitrogens with zero attached hydrogens (tertiary/aromatic N) is 2. The second-order valence-corrected chi connectivity index (χ2v) is 4.91. The number of ether oxygens (including phenoxy) is 2. The Morgan fingerprint density at radius 3 is 2.73 bits per heavy atom. The quantitative estimate of drug-likeness (QED) is 0.797. The Hall–Kier alpha value is -2.50. The summed E-state index contributed by atoms with van der Waals surface area (Å²) in [6.07, 6.45) is 1.77. The van der Waals surface area contributed by atoms with E-state index in [0.717, 1.165) is 10.9 Å². The van der Waals surface area contributed by atoms with Crippen LogP contribution in [-0.2, 0) is 16.1 Å². The molecule has 0 unspecified atom stereocenters. The molecule has 0 aliphatic carbocycles. The fourth-order valence-electron chi connectivity index (χ4n) is 2.09. The van der Waals surface area contributed by atoms with Gasteiger partial charge in [-0.3, -0.25) is 4.79 Å². The highest BCUT2D eigenvalue weighted by Crippen LogP contribution is 2.27. The third kappa shape index (κ3) is 3.39. The Labute approximate surface area is 129 Å². The lowest BCUT2D eigenvalue weighted by atomic mass is 10.2. The molecule has 0 saturated heterocycles. The average Bonchev–Trinajstić information content (AvgIpc) is 2.95. The predicted molar refractivity (Wildman–Crippen MR) is 82.9 cm³/mol. The maximum absolute atomic E-state index is 11.9. The molecule has 2 rings (SSSR count). The van der Waals surface area contributed by atoms with Crippen molar-refractivity contribution >= 4 is 23.0 Å². The molecule has 1 amide bonds. The number of hydrogen-bond acceptors (Lipinski definition) is 4. The fourth-order valence-corrected chi connectivity index (χ4v) is 2.09. The van der Waals surface area contributed by atoms with Crippen LogP contribution in [0.25, 0.3) is 10.9 Å². The number of hydrogen-bond donors (Lipinski definition) is 0. The summed E-state index contributed by atoms with van der Waals surface area (Å²) in [5.74, 6) is 0.258. The van der Waals surface area contributed by atoms with E-state index in [4.69, 9.17) is 4.74 Å². The highest BCUT2D eigenvalue weighted by Gasteiger charge is 2.13. The van der Waals surface area contributed by atoms with Crippen LogP contribution in [0.1, 0.15) is 13.3 Å². The van der Waals surface area contributed by atoms with E-state index < -0.39 is 6.09 Å². The summed E-state index contributed by atoms with van der Waals surface area (Å²) >= 11 is 0. The third-order valence-corrected chi connectivity index (χ3v) is 3.54. The zero-order chi connectivity index (χ0) is 16.1. The number of fused-ring (bicyclic) bond motifs is 1. The van der Waals surface area contributed by atoms with E-state index in [1.165, 1.54) is 12.0 Å². The van der Waals surface area contributed by atoms with Crippen molar-refractivity contribution in [1.29, 1.82) is 0 Å². The maximum Gasteiger partial charge on any atom is 0.414 e. The molecule has 0 spiro atoms. The van der Waals surface area contributed by atoms with Gasteiger partial charge in [-0.25, -0.2) is 4.79 Å². The van der Waals surface area contributed by atoms with Gasteiger partial charge in [-0.1, -0.05) is 6.07 Å². The number of methoxy groups -OCH3 is 1. The molecular weight excluding hydrogens is 284 g/mol. The van der Waals surface area contributed by atoms with Gasteiger partial charge in [0.15, 0.2) is 0 Å². The third-order valence-electron chi connectivity index (χ3n) is 3.54. The Balaban J connectivity index is 2.22. The Morgan fingerprint density at radius 2 is 2.05 bits per heavy atom. The summed E-state index contributed by atoms with van der Waals surface area (Å²) < 4.78 is 12.0. The van der Waals surface area contributed by atoms with Gasteiger partial charge in [-0.2, -0.15) is 0 Å². The normalized spacial score (nSPS) is 10.5. The molecule has 1 aromatic heterocycles. The first-order valence-electron chi connectivity index (χ1n) is 7.14. The number of rotatable bonds is 5. The van der Waals surface area contributed by atoms with Gasteiger partial charge in [0.05, 0.1) is 19.0 Å². The Kier molecular flexibility index (Phi) is 5.04. The van der Waals surface area contributed by atoms with Gasteiger partial charge in [-0.05, 0) is 25.1 Å². The van der Waals surface area contributed by atoms with E-state index in [0.29, 0.717) is 25.3 Å². The molecule has 0 fully saturated rings. The zero-order valence-corrected chi connectivity index (χ0v) is 13.0. The van der Waals surface area contributed by atoms with Crippen LogP contribution >= 0.6 is 0 Å². The van der Waals surface area contributed by atoms with Crippen molar-refractivity contribution < 1.29 is 19.1 Å². The SMILES string of the molecule is CCN(C)C(=O)Oc1cccc2c1ccn2CCC(=O)OC. The molecule has 1 aromatic carbocycles. The summed E-state index contributed by atoms with van der Waals surface area (Å²) in [5, 5.41) is 0.838. The van der Waals surface area contributed by atoms with Crippen molar-refractivity contribution in [2.45, 2.75) is 19.9 Å². The lowest BCUT2D eigenvalue weighted by molar-refractivity contribution is -0.140. The first kappa shape index (κ1) is 15.9. The monoisotopic (exact) mass is 304 g/mol. The highest BCUT2D eigenvalue weighted by molar-refractivity contribution is 5.88. The zero-order valence-electron chi connectivity index (χ0n) is 13.0. The van der Waals surface area contributed by atoms with Crippen molar-refractivity contribution in [3.05, 3.63) is 30.5 Å². The van der Waals surface area contributed by atoms with Crippen molar-refractivity contribution in [3.63, 3.8) is 0 Å². The van der Waals surface area contributed by atoms with E-state index >= 15 is 0 Å². The van der Waals surface area contributed by atoms with Crippen LogP contribution in [0.15, 0.2) is 30.5 Å². The topological polar surface area (TPSA) is 60.8 Å². The molecule has 0 aliphatic heterocycles. The Morgan fingerprint density at radius 1 is 1.27 bits per heavy atom. The van der Waals surface area contributed by atoms with Gasteiger partial charge in [0.1, 0.15) is 5.75 Å². The van der Waals surface area contributed by atoms with Crippen LogP contribution in [-0.4, -0.2) is 42.2 Å². The van der Waals surface area contributed by atoms with Gasteiger partial charge in [0.2, 0.25) is 0 Å². The number of aryl methyl sites for hydroxylation is 1. The maximum atomic E-state index is 11.9. The largest absolute Gasteiger partial charge is 0.469 e. The van der Waals surface area contributed by atoms with Crippen LogP contribution in [0.4, 0.5) is 4.79 Å². The summed E-state index contributed by atoms with van der Waals surface area (Å²) in [5.41, 5.74) is 0.911. The molecule has 0 atom stereocenters. The van der Waals surface area contributed by atoms with Gasteiger partial charge in [0.25, 0.3) is 0 Å². The van der Waals surface area contributed by atoms with Gasteiger partial charge < -0.3 is 18.9 Å². The molecule has 22 heavy (non-hydrogen) atoms. The minimum Gasteiger partial charge on any atom is -0.469 e. The average molecular weight is 304 g/mol. The van der Waals surface area contributed by atoms with Crippen molar-refractivity contribution in [1.82, 2.24) is 9.47 Å². The standard InChI is InChI=1S/C16H20N2O4/c1-4-17(2)16(20)22-14-7-5-6-13-12(14)8-10-18(13)11-9-15(19)21-3/h5-8,10H,4,9,11H2,1-3H3. The molecule has 6 nitrogen and oxygen atoms in total.